The maximum absolute atomic E-state index is 13.9. The predicted octanol–water partition coefficient (Wildman–Crippen LogP) is 4.40. The fourth-order valence-electron chi connectivity index (χ4n) is 3.00. The monoisotopic (exact) mass is 298 g/mol. The van der Waals surface area contributed by atoms with Gasteiger partial charge in [0.2, 0.25) is 0 Å². The van der Waals surface area contributed by atoms with E-state index in [4.69, 9.17) is 11.6 Å². The quantitative estimate of drug-likeness (QED) is 0.866. The fourth-order valence-corrected chi connectivity index (χ4v) is 3.17. The zero-order valence-corrected chi connectivity index (χ0v) is 13.1. The second-order valence-electron chi connectivity index (χ2n) is 5.74. The normalized spacial score (nSPS) is 21.7. The van der Waals surface area contributed by atoms with Gasteiger partial charge in [-0.25, -0.2) is 4.39 Å². The van der Waals surface area contributed by atoms with E-state index in [0.29, 0.717) is 11.6 Å². The molecule has 2 nitrogen and oxygen atoms in total. The molecule has 0 saturated carbocycles. The molecular formula is C16H24ClFN2. The molecule has 1 aliphatic rings. The molecule has 1 saturated heterocycles. The number of hydrogen-bond acceptors (Lipinski definition) is 2. The highest BCUT2D eigenvalue weighted by Crippen LogP contribution is 2.26. The SMILES string of the molecule is CCCN1CCCC(C(C)Nc2cccc(Cl)c2F)C1. The summed E-state index contributed by atoms with van der Waals surface area (Å²) in [6.45, 7) is 7.81. The van der Waals surface area contributed by atoms with Crippen LogP contribution in [0.15, 0.2) is 18.2 Å². The zero-order chi connectivity index (χ0) is 14.5. The lowest BCUT2D eigenvalue weighted by atomic mass is 9.91. The minimum atomic E-state index is -0.345. The van der Waals surface area contributed by atoms with E-state index in [1.165, 1.54) is 25.8 Å². The van der Waals surface area contributed by atoms with Crippen molar-refractivity contribution in [3.63, 3.8) is 0 Å². The van der Waals surface area contributed by atoms with Gasteiger partial charge in [-0.1, -0.05) is 24.6 Å². The van der Waals surface area contributed by atoms with E-state index in [-0.39, 0.29) is 16.9 Å². The first kappa shape index (κ1) is 15.6. The van der Waals surface area contributed by atoms with Gasteiger partial charge in [0.15, 0.2) is 5.82 Å². The molecule has 2 rings (SSSR count). The van der Waals surface area contributed by atoms with Crippen molar-refractivity contribution in [3.05, 3.63) is 29.0 Å². The molecule has 0 bridgehead atoms. The summed E-state index contributed by atoms with van der Waals surface area (Å²) in [5, 5.41) is 3.48. The molecule has 1 aromatic carbocycles. The number of nitrogens with zero attached hydrogens (tertiary/aromatic N) is 1. The van der Waals surface area contributed by atoms with Crippen molar-refractivity contribution in [2.45, 2.75) is 39.2 Å². The molecule has 0 amide bonds. The van der Waals surface area contributed by atoms with Crippen LogP contribution in [0.1, 0.15) is 33.1 Å². The van der Waals surface area contributed by atoms with Crippen LogP contribution in [0.2, 0.25) is 5.02 Å². The van der Waals surface area contributed by atoms with E-state index in [9.17, 15) is 4.39 Å². The van der Waals surface area contributed by atoms with Crippen molar-refractivity contribution in [3.8, 4) is 0 Å². The number of nitrogens with one attached hydrogen (secondary N) is 1. The van der Waals surface area contributed by atoms with Gasteiger partial charge in [0.1, 0.15) is 0 Å². The summed E-state index contributed by atoms with van der Waals surface area (Å²) < 4.78 is 13.9. The van der Waals surface area contributed by atoms with Crippen molar-refractivity contribution in [2.24, 2.45) is 5.92 Å². The number of benzene rings is 1. The van der Waals surface area contributed by atoms with Crippen LogP contribution in [0.4, 0.5) is 10.1 Å². The lowest BCUT2D eigenvalue weighted by molar-refractivity contribution is 0.165. The van der Waals surface area contributed by atoms with Gasteiger partial charge < -0.3 is 10.2 Å². The van der Waals surface area contributed by atoms with Crippen molar-refractivity contribution in [2.75, 3.05) is 25.0 Å². The van der Waals surface area contributed by atoms with Gasteiger partial charge in [0.05, 0.1) is 10.7 Å². The first-order chi connectivity index (χ1) is 9.61. The molecule has 112 valence electrons. The Kier molecular flexibility index (Phi) is 5.67. The maximum atomic E-state index is 13.9. The highest BCUT2D eigenvalue weighted by atomic mass is 35.5. The molecule has 2 atom stereocenters. The van der Waals surface area contributed by atoms with Gasteiger partial charge in [-0.05, 0) is 57.3 Å². The fraction of sp³-hybridized carbons (Fsp3) is 0.625. The number of piperidine rings is 1. The topological polar surface area (TPSA) is 15.3 Å². The summed E-state index contributed by atoms with van der Waals surface area (Å²) in [6.07, 6.45) is 3.63. The Morgan fingerprint density at radius 3 is 3.05 bits per heavy atom. The van der Waals surface area contributed by atoms with Crippen molar-refractivity contribution in [1.82, 2.24) is 4.90 Å². The van der Waals surface area contributed by atoms with Crippen LogP contribution in [-0.2, 0) is 0 Å². The zero-order valence-electron chi connectivity index (χ0n) is 12.3. The van der Waals surface area contributed by atoms with Crippen LogP contribution in [0.5, 0.6) is 0 Å². The van der Waals surface area contributed by atoms with Crippen molar-refractivity contribution >= 4 is 17.3 Å². The molecule has 1 fully saturated rings. The Bertz CT molecular complexity index is 436. The third kappa shape index (κ3) is 3.86. The summed E-state index contributed by atoms with van der Waals surface area (Å²) in [5.74, 6) is 0.218. The van der Waals surface area contributed by atoms with Crippen LogP contribution in [0, 0.1) is 11.7 Å². The standard InChI is InChI=1S/C16H24ClFN2/c1-3-9-20-10-5-6-13(11-20)12(2)19-15-8-4-7-14(17)16(15)18/h4,7-8,12-13,19H,3,5-6,9-11H2,1-2H3. The molecule has 20 heavy (non-hydrogen) atoms. The van der Waals surface area contributed by atoms with E-state index in [1.807, 2.05) is 0 Å². The maximum Gasteiger partial charge on any atom is 0.164 e. The summed E-state index contributed by atoms with van der Waals surface area (Å²) in [7, 11) is 0. The second-order valence-corrected chi connectivity index (χ2v) is 6.14. The van der Waals surface area contributed by atoms with Crippen LogP contribution in [-0.4, -0.2) is 30.6 Å². The van der Waals surface area contributed by atoms with Gasteiger partial charge in [-0.15, -0.1) is 0 Å². The Morgan fingerprint density at radius 2 is 2.30 bits per heavy atom. The molecule has 1 heterocycles. The van der Waals surface area contributed by atoms with E-state index < -0.39 is 0 Å². The number of hydrogen-bond donors (Lipinski definition) is 1. The minimum Gasteiger partial charge on any atom is -0.380 e. The molecule has 4 heteroatoms. The average Bonchev–Trinajstić information content (AvgIpc) is 2.44. The highest BCUT2D eigenvalue weighted by molar-refractivity contribution is 6.31. The van der Waals surface area contributed by atoms with Crippen LogP contribution in [0.3, 0.4) is 0 Å². The molecule has 0 aliphatic carbocycles. The van der Waals surface area contributed by atoms with E-state index in [1.54, 1.807) is 18.2 Å². The second kappa shape index (κ2) is 7.28. The smallest absolute Gasteiger partial charge is 0.164 e. The van der Waals surface area contributed by atoms with Crippen LogP contribution >= 0.6 is 11.6 Å². The summed E-state index contributed by atoms with van der Waals surface area (Å²) in [5.41, 5.74) is 0.512. The van der Waals surface area contributed by atoms with E-state index in [0.717, 1.165) is 13.1 Å². The molecule has 2 unspecified atom stereocenters. The molecule has 0 radical (unpaired) electrons. The summed E-state index contributed by atoms with van der Waals surface area (Å²) in [4.78, 5) is 2.51. The molecule has 1 N–H and O–H groups in total. The van der Waals surface area contributed by atoms with Gasteiger partial charge in [0, 0.05) is 12.6 Å². The number of likely N-dealkylation sites (tertiary alicyclic amines) is 1. The lowest BCUT2D eigenvalue weighted by Gasteiger charge is -2.36. The van der Waals surface area contributed by atoms with Gasteiger partial charge in [-0.3, -0.25) is 0 Å². The highest BCUT2D eigenvalue weighted by Gasteiger charge is 2.24. The van der Waals surface area contributed by atoms with Gasteiger partial charge in [0.25, 0.3) is 0 Å². The summed E-state index contributed by atoms with van der Waals surface area (Å²) in [6, 6.07) is 5.37. The first-order valence-corrected chi connectivity index (χ1v) is 7.92. The number of anilines is 1. The Balaban J connectivity index is 1.97. The van der Waals surface area contributed by atoms with Gasteiger partial charge >= 0.3 is 0 Å². The minimum absolute atomic E-state index is 0.179. The molecule has 1 aromatic rings. The Labute approximate surface area is 126 Å². The third-order valence-electron chi connectivity index (χ3n) is 4.12. The summed E-state index contributed by atoms with van der Waals surface area (Å²) >= 11 is 5.82. The molecule has 1 aliphatic heterocycles. The Hall–Kier alpha value is -0.800. The van der Waals surface area contributed by atoms with Crippen LogP contribution < -0.4 is 5.32 Å². The van der Waals surface area contributed by atoms with Gasteiger partial charge in [-0.2, -0.15) is 0 Å². The number of rotatable bonds is 5. The number of halogens is 2. The van der Waals surface area contributed by atoms with Crippen LogP contribution in [0.25, 0.3) is 0 Å². The van der Waals surface area contributed by atoms with Crippen molar-refractivity contribution < 1.29 is 4.39 Å². The van der Waals surface area contributed by atoms with E-state index >= 15 is 0 Å². The van der Waals surface area contributed by atoms with Crippen molar-refractivity contribution in [1.29, 1.82) is 0 Å². The lowest BCUT2D eigenvalue weighted by Crippen LogP contribution is -2.42. The molecular weight excluding hydrogens is 275 g/mol. The third-order valence-corrected chi connectivity index (χ3v) is 4.42. The largest absolute Gasteiger partial charge is 0.380 e. The average molecular weight is 299 g/mol. The predicted molar refractivity (Wildman–Crippen MR) is 83.9 cm³/mol. The molecule has 0 spiro atoms. The first-order valence-electron chi connectivity index (χ1n) is 7.54. The molecule has 0 aromatic heterocycles. The Morgan fingerprint density at radius 1 is 1.50 bits per heavy atom. The van der Waals surface area contributed by atoms with E-state index in [2.05, 4.69) is 24.1 Å².